The number of methoxy groups -OCH3 is 1. The minimum Gasteiger partial charge on any atom is -0.465 e. The second-order valence-electron chi connectivity index (χ2n) is 7.25. The van der Waals surface area contributed by atoms with Crippen LogP contribution in [0.2, 0.25) is 0 Å². The lowest BCUT2D eigenvalue weighted by Gasteiger charge is -2.18. The Bertz CT molecular complexity index is 1070. The van der Waals surface area contributed by atoms with E-state index in [1.165, 1.54) is 24.5 Å². The largest absolute Gasteiger partial charge is 0.465 e. The van der Waals surface area contributed by atoms with E-state index >= 15 is 0 Å². The van der Waals surface area contributed by atoms with Crippen molar-refractivity contribution >= 4 is 40.3 Å². The number of ether oxygens (including phenoxy) is 2. The van der Waals surface area contributed by atoms with Gasteiger partial charge in [0.05, 0.1) is 12.7 Å². The summed E-state index contributed by atoms with van der Waals surface area (Å²) in [5.41, 5.74) is 1.74. The minimum absolute atomic E-state index is 0.213. The highest BCUT2D eigenvalue weighted by molar-refractivity contribution is 7.17. The third-order valence-electron chi connectivity index (χ3n) is 4.94. The van der Waals surface area contributed by atoms with Gasteiger partial charge in [-0.15, -0.1) is 11.3 Å². The van der Waals surface area contributed by atoms with Crippen LogP contribution in [0, 0.1) is 17.2 Å². The van der Waals surface area contributed by atoms with Crippen molar-refractivity contribution in [2.24, 2.45) is 5.92 Å². The molecular weight excluding hydrogens is 416 g/mol. The molecule has 0 fully saturated rings. The summed E-state index contributed by atoms with van der Waals surface area (Å²) in [6.45, 7) is 1.57. The molecule has 8 heteroatoms. The van der Waals surface area contributed by atoms with Gasteiger partial charge < -0.3 is 14.8 Å². The molecule has 0 spiro atoms. The van der Waals surface area contributed by atoms with Gasteiger partial charge in [0, 0.05) is 4.88 Å². The van der Waals surface area contributed by atoms with Gasteiger partial charge >= 0.3 is 11.9 Å². The Hall–Kier alpha value is -3.44. The number of hydrogen-bond donors (Lipinski definition) is 1. The van der Waals surface area contributed by atoms with E-state index in [0.29, 0.717) is 22.0 Å². The van der Waals surface area contributed by atoms with Crippen molar-refractivity contribution in [3.63, 3.8) is 0 Å². The number of carbonyl (C=O) groups excluding carboxylic acids is 3. The van der Waals surface area contributed by atoms with Gasteiger partial charge in [-0.3, -0.25) is 4.79 Å². The van der Waals surface area contributed by atoms with Crippen LogP contribution in [0.1, 0.15) is 39.7 Å². The van der Waals surface area contributed by atoms with Crippen LogP contribution >= 0.6 is 11.3 Å². The number of anilines is 1. The quantitative estimate of drug-likeness (QED) is 0.418. The molecule has 2 aromatic rings. The van der Waals surface area contributed by atoms with Gasteiger partial charge in [0.25, 0.3) is 5.91 Å². The van der Waals surface area contributed by atoms with Crippen LogP contribution in [0.3, 0.4) is 0 Å². The van der Waals surface area contributed by atoms with Gasteiger partial charge in [-0.25, -0.2) is 9.59 Å². The molecule has 0 saturated heterocycles. The van der Waals surface area contributed by atoms with E-state index in [1.807, 2.05) is 6.07 Å². The molecule has 1 amide bonds. The summed E-state index contributed by atoms with van der Waals surface area (Å²) in [6, 6.07) is 10.6. The SMILES string of the molecule is COC(=O)c1c(NC(=O)COC(=O)/C(C#N)=C/c2ccccc2)sc2c1CC[C@@H](C)C2. The molecule has 0 saturated carbocycles. The Morgan fingerprint density at radius 3 is 2.71 bits per heavy atom. The first kappa shape index (κ1) is 22.2. The number of thiophene rings is 1. The normalized spacial score (nSPS) is 15.4. The summed E-state index contributed by atoms with van der Waals surface area (Å²) in [5, 5.41) is 12.3. The maximum Gasteiger partial charge on any atom is 0.349 e. The fourth-order valence-electron chi connectivity index (χ4n) is 3.38. The molecule has 1 aromatic heterocycles. The molecule has 1 aromatic carbocycles. The van der Waals surface area contributed by atoms with Crippen LogP contribution in [0.5, 0.6) is 0 Å². The summed E-state index contributed by atoms with van der Waals surface area (Å²) in [4.78, 5) is 37.9. The average molecular weight is 439 g/mol. The number of amides is 1. The predicted molar refractivity (Wildman–Crippen MR) is 116 cm³/mol. The maximum atomic E-state index is 12.4. The van der Waals surface area contributed by atoms with E-state index in [0.717, 1.165) is 29.7 Å². The van der Waals surface area contributed by atoms with Crippen LogP contribution in [-0.2, 0) is 31.9 Å². The molecule has 1 aliphatic rings. The summed E-state index contributed by atoms with van der Waals surface area (Å²) < 4.78 is 9.89. The zero-order valence-corrected chi connectivity index (χ0v) is 18.1. The van der Waals surface area contributed by atoms with E-state index < -0.39 is 24.5 Å². The van der Waals surface area contributed by atoms with Crippen LogP contribution < -0.4 is 5.32 Å². The zero-order chi connectivity index (χ0) is 22.4. The maximum absolute atomic E-state index is 12.4. The van der Waals surface area contributed by atoms with Crippen LogP contribution in [0.15, 0.2) is 35.9 Å². The van der Waals surface area contributed by atoms with Crippen molar-refractivity contribution in [3.8, 4) is 6.07 Å². The summed E-state index contributed by atoms with van der Waals surface area (Å²) in [6.07, 6.45) is 3.94. The predicted octanol–water partition coefficient (Wildman–Crippen LogP) is 3.75. The highest BCUT2D eigenvalue weighted by Crippen LogP contribution is 2.40. The third kappa shape index (κ3) is 5.38. The molecule has 1 atom stereocenters. The first-order valence-electron chi connectivity index (χ1n) is 9.79. The standard InChI is InChI=1S/C23H22N2O5S/c1-14-8-9-17-18(10-14)31-21(20(17)23(28)29-2)25-19(26)13-30-22(27)16(12-24)11-15-6-4-3-5-7-15/h3-7,11,14H,8-10,13H2,1-2H3,(H,25,26)/b16-11+/t14-/m1/s1. The number of esters is 2. The number of fused-ring (bicyclic) bond motifs is 1. The van der Waals surface area contributed by atoms with Crippen molar-refractivity contribution in [2.75, 3.05) is 19.0 Å². The lowest BCUT2D eigenvalue weighted by Crippen LogP contribution is -2.22. The second kappa shape index (κ2) is 10.0. The highest BCUT2D eigenvalue weighted by Gasteiger charge is 2.29. The molecule has 1 N–H and O–H groups in total. The Balaban J connectivity index is 1.68. The minimum atomic E-state index is -0.894. The van der Waals surface area contributed by atoms with E-state index in [1.54, 1.807) is 30.3 Å². The first-order valence-corrected chi connectivity index (χ1v) is 10.6. The van der Waals surface area contributed by atoms with E-state index in [4.69, 9.17) is 9.47 Å². The molecule has 7 nitrogen and oxygen atoms in total. The van der Waals surface area contributed by atoms with Crippen LogP contribution in [0.4, 0.5) is 5.00 Å². The summed E-state index contributed by atoms with van der Waals surface area (Å²) in [5.74, 6) is -1.49. The lowest BCUT2D eigenvalue weighted by atomic mass is 9.88. The van der Waals surface area contributed by atoms with Crippen LogP contribution in [0.25, 0.3) is 6.08 Å². The Morgan fingerprint density at radius 2 is 2.03 bits per heavy atom. The number of nitriles is 1. The van der Waals surface area contributed by atoms with Gasteiger partial charge in [0.2, 0.25) is 0 Å². The van der Waals surface area contributed by atoms with E-state index in [9.17, 15) is 19.6 Å². The number of rotatable bonds is 6. The summed E-state index contributed by atoms with van der Waals surface area (Å²) >= 11 is 1.35. The number of nitrogens with one attached hydrogen (secondary N) is 1. The summed E-state index contributed by atoms with van der Waals surface area (Å²) in [7, 11) is 1.30. The van der Waals surface area contributed by atoms with E-state index in [2.05, 4.69) is 12.2 Å². The molecule has 0 radical (unpaired) electrons. The van der Waals surface area contributed by atoms with Crippen molar-refractivity contribution < 1.29 is 23.9 Å². The number of nitrogens with zero attached hydrogens (tertiary/aromatic N) is 1. The molecular formula is C23H22N2O5S. The van der Waals surface area contributed by atoms with Gasteiger partial charge in [-0.2, -0.15) is 5.26 Å². The Labute approximate surface area is 184 Å². The molecule has 3 rings (SSSR count). The van der Waals surface area contributed by atoms with E-state index in [-0.39, 0.29) is 5.57 Å². The van der Waals surface area contributed by atoms with Crippen LogP contribution in [-0.4, -0.2) is 31.6 Å². The molecule has 0 aliphatic heterocycles. The van der Waals surface area contributed by atoms with Crippen molar-refractivity contribution in [2.45, 2.75) is 26.2 Å². The number of carbonyl (C=O) groups is 3. The Morgan fingerprint density at radius 1 is 1.29 bits per heavy atom. The third-order valence-corrected chi connectivity index (χ3v) is 6.11. The monoisotopic (exact) mass is 438 g/mol. The van der Waals surface area contributed by atoms with Gasteiger partial charge in [0.1, 0.15) is 16.6 Å². The average Bonchev–Trinajstić information content (AvgIpc) is 3.12. The number of benzene rings is 1. The second-order valence-corrected chi connectivity index (χ2v) is 8.36. The van der Waals surface area contributed by atoms with Gasteiger partial charge in [-0.05, 0) is 42.4 Å². The first-order chi connectivity index (χ1) is 14.9. The van der Waals surface area contributed by atoms with Crippen molar-refractivity contribution in [1.29, 1.82) is 5.26 Å². The molecule has 1 heterocycles. The van der Waals surface area contributed by atoms with Gasteiger partial charge in [0.15, 0.2) is 6.61 Å². The smallest absolute Gasteiger partial charge is 0.349 e. The zero-order valence-electron chi connectivity index (χ0n) is 17.3. The van der Waals surface area contributed by atoms with Crippen molar-refractivity contribution in [3.05, 3.63) is 57.5 Å². The molecule has 1 aliphatic carbocycles. The lowest BCUT2D eigenvalue weighted by molar-refractivity contribution is -0.142. The Kier molecular flexibility index (Phi) is 7.21. The topological polar surface area (TPSA) is 105 Å². The molecule has 0 bridgehead atoms. The highest BCUT2D eigenvalue weighted by atomic mass is 32.1. The molecule has 0 unspecified atom stereocenters. The molecule has 160 valence electrons. The number of hydrogen-bond acceptors (Lipinski definition) is 7. The van der Waals surface area contributed by atoms with Crippen molar-refractivity contribution in [1.82, 2.24) is 0 Å². The fraction of sp³-hybridized carbons (Fsp3) is 0.304. The van der Waals surface area contributed by atoms with Gasteiger partial charge in [-0.1, -0.05) is 37.3 Å². The fourth-order valence-corrected chi connectivity index (χ4v) is 4.80. The molecule has 31 heavy (non-hydrogen) atoms.